The lowest BCUT2D eigenvalue weighted by Crippen LogP contribution is -2.28. The van der Waals surface area contributed by atoms with Crippen molar-refractivity contribution in [1.29, 1.82) is 0 Å². The van der Waals surface area contributed by atoms with Crippen LogP contribution in [0.2, 0.25) is 19.1 Å². The topological polar surface area (TPSA) is 61.8 Å². The minimum atomic E-state index is -1.59. The number of ether oxygens (including phenoxy) is 2. The fourth-order valence-corrected chi connectivity index (χ4v) is 2.35. The van der Waals surface area contributed by atoms with E-state index >= 15 is 0 Å². The van der Waals surface area contributed by atoms with Crippen LogP contribution in [0.1, 0.15) is 6.42 Å². The minimum Gasteiger partial charge on any atom is -0.463 e. The van der Waals surface area contributed by atoms with E-state index in [2.05, 4.69) is 24.4 Å². The quantitative estimate of drug-likeness (QED) is 0.213. The third kappa shape index (κ3) is 10.2. The van der Waals surface area contributed by atoms with Crippen LogP contribution < -0.4 is 0 Å². The van der Waals surface area contributed by atoms with Gasteiger partial charge in [-0.2, -0.15) is 0 Å². The SMILES string of the molecule is C=CCOC(=O)/C=C/C(=O)OCCC[Si](C)(C)OC. The van der Waals surface area contributed by atoms with Crippen molar-refractivity contribution in [3.63, 3.8) is 0 Å². The van der Waals surface area contributed by atoms with Crippen LogP contribution in [0.25, 0.3) is 0 Å². The average molecular weight is 286 g/mol. The Labute approximate surface area is 115 Å². The molecule has 19 heavy (non-hydrogen) atoms. The molecular weight excluding hydrogens is 264 g/mol. The molecule has 0 aromatic heterocycles. The Bertz CT molecular complexity index is 336. The summed E-state index contributed by atoms with van der Waals surface area (Å²) in [7, 11) is 0.111. The summed E-state index contributed by atoms with van der Waals surface area (Å²) in [5.74, 6) is -1.14. The molecule has 0 radical (unpaired) electrons. The van der Waals surface area contributed by atoms with Gasteiger partial charge in [0.2, 0.25) is 0 Å². The van der Waals surface area contributed by atoms with E-state index in [0.29, 0.717) is 6.61 Å². The maximum absolute atomic E-state index is 11.3. The van der Waals surface area contributed by atoms with Crippen LogP contribution in [-0.4, -0.2) is 40.6 Å². The van der Waals surface area contributed by atoms with Crippen molar-refractivity contribution in [2.45, 2.75) is 25.6 Å². The number of rotatable bonds is 9. The molecule has 0 unspecified atom stereocenters. The molecule has 0 heterocycles. The normalized spacial score (nSPS) is 11.3. The summed E-state index contributed by atoms with van der Waals surface area (Å²) in [5.41, 5.74) is 0. The largest absolute Gasteiger partial charge is 0.463 e. The molecule has 0 amide bonds. The summed E-state index contributed by atoms with van der Waals surface area (Å²) in [6.07, 6.45) is 4.31. The maximum Gasteiger partial charge on any atom is 0.331 e. The van der Waals surface area contributed by atoms with Crippen LogP contribution in [-0.2, 0) is 23.5 Å². The lowest BCUT2D eigenvalue weighted by Gasteiger charge is -2.19. The summed E-state index contributed by atoms with van der Waals surface area (Å²) in [5, 5.41) is 0. The molecule has 0 aromatic carbocycles. The van der Waals surface area contributed by atoms with Gasteiger partial charge >= 0.3 is 11.9 Å². The second kappa shape index (κ2) is 9.52. The van der Waals surface area contributed by atoms with Gasteiger partial charge in [0, 0.05) is 19.3 Å². The fourth-order valence-electron chi connectivity index (χ4n) is 1.15. The Morgan fingerprint density at radius 2 is 1.74 bits per heavy atom. The number of carbonyl (C=O) groups is 2. The molecule has 0 aliphatic carbocycles. The van der Waals surface area contributed by atoms with E-state index in [1.807, 2.05) is 0 Å². The van der Waals surface area contributed by atoms with E-state index < -0.39 is 20.3 Å². The average Bonchev–Trinajstić information content (AvgIpc) is 2.39. The lowest BCUT2D eigenvalue weighted by atomic mass is 10.5. The smallest absolute Gasteiger partial charge is 0.331 e. The minimum absolute atomic E-state index is 0.120. The lowest BCUT2D eigenvalue weighted by molar-refractivity contribution is -0.140. The number of hydrogen-bond donors (Lipinski definition) is 0. The molecule has 0 atom stereocenters. The molecule has 6 heteroatoms. The molecule has 0 aliphatic rings. The van der Waals surface area contributed by atoms with E-state index in [1.54, 1.807) is 7.11 Å². The van der Waals surface area contributed by atoms with Crippen LogP contribution in [0.3, 0.4) is 0 Å². The van der Waals surface area contributed by atoms with Crippen LogP contribution in [0, 0.1) is 0 Å². The molecule has 0 N–H and O–H groups in total. The van der Waals surface area contributed by atoms with Crippen molar-refractivity contribution in [2.75, 3.05) is 20.3 Å². The summed E-state index contributed by atoms with van der Waals surface area (Å²) in [4.78, 5) is 22.3. The van der Waals surface area contributed by atoms with Crippen molar-refractivity contribution < 1.29 is 23.5 Å². The fraction of sp³-hybridized carbons (Fsp3) is 0.538. The summed E-state index contributed by atoms with van der Waals surface area (Å²) < 4.78 is 15.0. The third-order valence-electron chi connectivity index (χ3n) is 2.42. The first kappa shape index (κ1) is 17.6. The summed E-state index contributed by atoms with van der Waals surface area (Å²) in [6, 6.07) is 0.919. The van der Waals surface area contributed by atoms with Crippen LogP contribution >= 0.6 is 0 Å². The van der Waals surface area contributed by atoms with E-state index in [-0.39, 0.29) is 6.61 Å². The molecule has 0 saturated carbocycles. The third-order valence-corrected chi connectivity index (χ3v) is 5.08. The van der Waals surface area contributed by atoms with Crippen LogP contribution in [0.4, 0.5) is 0 Å². The van der Waals surface area contributed by atoms with Gasteiger partial charge in [0.25, 0.3) is 0 Å². The second-order valence-corrected chi connectivity index (χ2v) is 8.91. The van der Waals surface area contributed by atoms with Gasteiger partial charge in [0.1, 0.15) is 6.61 Å². The Kier molecular flexibility index (Phi) is 8.81. The van der Waals surface area contributed by atoms with Gasteiger partial charge in [0.15, 0.2) is 8.32 Å². The van der Waals surface area contributed by atoms with E-state index in [1.165, 1.54) is 6.08 Å². The summed E-state index contributed by atoms with van der Waals surface area (Å²) in [6.45, 7) is 8.05. The molecule has 0 fully saturated rings. The zero-order chi connectivity index (χ0) is 14.7. The Hall–Kier alpha value is -1.40. The van der Waals surface area contributed by atoms with E-state index in [0.717, 1.165) is 24.6 Å². The Morgan fingerprint density at radius 1 is 1.16 bits per heavy atom. The molecule has 0 rings (SSSR count). The van der Waals surface area contributed by atoms with Gasteiger partial charge in [-0.1, -0.05) is 12.7 Å². The zero-order valence-corrected chi connectivity index (χ0v) is 12.8. The molecule has 5 nitrogen and oxygen atoms in total. The standard InChI is InChI=1S/C13H22O5Si/c1-5-9-17-12(14)7-8-13(15)18-10-6-11-19(3,4)16-2/h5,7-8H,1,6,9-11H2,2-4H3/b8-7+. The van der Waals surface area contributed by atoms with Gasteiger partial charge in [-0.3, -0.25) is 0 Å². The first-order valence-corrected chi connectivity index (χ1v) is 9.20. The van der Waals surface area contributed by atoms with E-state index in [9.17, 15) is 9.59 Å². The predicted molar refractivity (Wildman–Crippen MR) is 75.2 cm³/mol. The van der Waals surface area contributed by atoms with Crippen molar-refractivity contribution in [1.82, 2.24) is 0 Å². The highest BCUT2D eigenvalue weighted by atomic mass is 28.4. The molecule has 0 bridgehead atoms. The van der Waals surface area contributed by atoms with Gasteiger partial charge in [0.05, 0.1) is 6.61 Å². The molecule has 0 saturated heterocycles. The first-order chi connectivity index (χ1) is 8.91. The predicted octanol–water partition coefficient (Wildman–Crippen LogP) is 2.06. The van der Waals surface area contributed by atoms with E-state index in [4.69, 9.17) is 9.16 Å². The molecule has 108 valence electrons. The van der Waals surface area contributed by atoms with Crippen molar-refractivity contribution in [2.24, 2.45) is 0 Å². The maximum atomic E-state index is 11.3. The van der Waals surface area contributed by atoms with Crippen molar-refractivity contribution in [3.05, 3.63) is 24.8 Å². The van der Waals surface area contributed by atoms with Crippen LogP contribution in [0.15, 0.2) is 24.8 Å². The van der Waals surface area contributed by atoms with Crippen molar-refractivity contribution in [3.8, 4) is 0 Å². The van der Waals surface area contributed by atoms with Gasteiger partial charge < -0.3 is 13.9 Å². The molecule has 0 aromatic rings. The van der Waals surface area contributed by atoms with Gasteiger partial charge in [-0.25, -0.2) is 9.59 Å². The van der Waals surface area contributed by atoms with Crippen LogP contribution in [0.5, 0.6) is 0 Å². The first-order valence-electron chi connectivity index (χ1n) is 6.09. The highest BCUT2D eigenvalue weighted by molar-refractivity contribution is 6.71. The molecule has 0 spiro atoms. The Morgan fingerprint density at radius 3 is 2.26 bits per heavy atom. The number of esters is 2. The highest BCUT2D eigenvalue weighted by Crippen LogP contribution is 2.12. The number of hydrogen-bond acceptors (Lipinski definition) is 5. The van der Waals surface area contributed by atoms with Crippen molar-refractivity contribution >= 4 is 20.3 Å². The van der Waals surface area contributed by atoms with Gasteiger partial charge in [-0.15, -0.1) is 0 Å². The monoisotopic (exact) mass is 286 g/mol. The zero-order valence-electron chi connectivity index (χ0n) is 11.8. The Balaban J connectivity index is 3.78. The number of carbonyl (C=O) groups excluding carboxylic acids is 2. The second-order valence-electron chi connectivity index (χ2n) is 4.49. The molecular formula is C13H22O5Si. The summed E-state index contributed by atoms with van der Waals surface area (Å²) >= 11 is 0. The highest BCUT2D eigenvalue weighted by Gasteiger charge is 2.19. The van der Waals surface area contributed by atoms with Gasteiger partial charge in [-0.05, 0) is 25.6 Å². The molecule has 0 aliphatic heterocycles.